The van der Waals surface area contributed by atoms with Gasteiger partial charge >= 0.3 is 0 Å². The van der Waals surface area contributed by atoms with Crippen molar-refractivity contribution in [3.8, 4) is 11.8 Å². The van der Waals surface area contributed by atoms with E-state index in [0.717, 1.165) is 80.0 Å². The third-order valence-corrected chi connectivity index (χ3v) is 8.02. The third kappa shape index (κ3) is 10.5. The van der Waals surface area contributed by atoms with Crippen molar-refractivity contribution >= 4 is 29.4 Å². The number of nitriles is 1. The summed E-state index contributed by atoms with van der Waals surface area (Å²) in [4.78, 5) is 19.7. The van der Waals surface area contributed by atoms with E-state index in [2.05, 4.69) is 11.4 Å². The van der Waals surface area contributed by atoms with Gasteiger partial charge in [0, 0.05) is 38.2 Å². The van der Waals surface area contributed by atoms with E-state index >= 15 is 0 Å². The van der Waals surface area contributed by atoms with Gasteiger partial charge in [-0.2, -0.15) is 5.26 Å². The van der Waals surface area contributed by atoms with Crippen LogP contribution in [0, 0.1) is 23.2 Å². The molecule has 1 aromatic heterocycles. The normalized spacial score (nSPS) is 16.9. The molecular weight excluding hydrogens is 502 g/mol. The van der Waals surface area contributed by atoms with E-state index in [9.17, 15) is 4.79 Å². The average Bonchev–Trinajstić information content (AvgIpc) is 3.36. The monoisotopic (exact) mass is 545 g/mol. The largest absolute Gasteiger partial charge is 0.497 e. The van der Waals surface area contributed by atoms with Crippen LogP contribution in [0.4, 0.5) is 5.00 Å². The number of hydrogen-bond donors (Lipinski definition) is 3. The summed E-state index contributed by atoms with van der Waals surface area (Å²) in [7, 11) is 3.52. The Morgan fingerprint density at radius 3 is 2.55 bits per heavy atom. The molecule has 2 aromatic rings. The average molecular weight is 546 g/mol. The number of benzene rings is 1. The number of rotatable bonds is 7. The summed E-state index contributed by atoms with van der Waals surface area (Å²) < 4.78 is 10.2. The van der Waals surface area contributed by atoms with Crippen LogP contribution in [0.2, 0.25) is 0 Å². The van der Waals surface area contributed by atoms with Gasteiger partial charge in [0.2, 0.25) is 0 Å². The number of carbonyl (C=O) groups excluding carboxylic acids is 2. The van der Waals surface area contributed by atoms with E-state index in [1.165, 1.54) is 10.4 Å². The molecule has 0 bridgehead atoms. The summed E-state index contributed by atoms with van der Waals surface area (Å²) in [5, 5.41) is 21.9. The summed E-state index contributed by atoms with van der Waals surface area (Å²) in [6.07, 6.45) is 6.77. The van der Waals surface area contributed by atoms with Crippen LogP contribution in [-0.4, -0.2) is 58.7 Å². The molecule has 4 rings (SSSR count). The van der Waals surface area contributed by atoms with Crippen LogP contribution in [0.15, 0.2) is 24.3 Å². The SMILES string of the molecule is C=O.CNc1sc2c(c1C#N)CCC(CN)C2.COc1cccc(C(C)CC=O)c1.OCC1CCOCC1. The second kappa shape index (κ2) is 19.3. The minimum absolute atomic E-state index is 0.271. The van der Waals surface area contributed by atoms with Crippen LogP contribution in [-0.2, 0) is 27.2 Å². The zero-order valence-corrected chi connectivity index (χ0v) is 23.7. The van der Waals surface area contributed by atoms with Crippen molar-refractivity contribution in [2.75, 3.05) is 45.8 Å². The Bertz CT molecular complexity index is 985. The van der Waals surface area contributed by atoms with E-state index < -0.39 is 0 Å². The quantitative estimate of drug-likeness (QED) is 0.438. The Morgan fingerprint density at radius 1 is 1.32 bits per heavy atom. The first kappa shape index (κ1) is 33.3. The molecule has 1 saturated heterocycles. The minimum Gasteiger partial charge on any atom is -0.497 e. The molecule has 4 N–H and O–H groups in total. The van der Waals surface area contributed by atoms with Crippen molar-refractivity contribution in [3.63, 3.8) is 0 Å². The number of fused-ring (bicyclic) bond motifs is 1. The molecule has 9 heteroatoms. The molecule has 0 saturated carbocycles. The zero-order valence-electron chi connectivity index (χ0n) is 22.9. The molecule has 8 nitrogen and oxygen atoms in total. The number of methoxy groups -OCH3 is 1. The van der Waals surface area contributed by atoms with E-state index in [1.54, 1.807) is 18.4 Å². The molecule has 2 heterocycles. The predicted molar refractivity (Wildman–Crippen MR) is 153 cm³/mol. The van der Waals surface area contributed by atoms with Gasteiger partial charge in [-0.1, -0.05) is 19.1 Å². The van der Waals surface area contributed by atoms with Crippen molar-refractivity contribution in [1.29, 1.82) is 5.26 Å². The van der Waals surface area contributed by atoms with Gasteiger partial charge < -0.3 is 35.2 Å². The van der Waals surface area contributed by atoms with Gasteiger partial charge in [-0.15, -0.1) is 11.3 Å². The van der Waals surface area contributed by atoms with Crippen molar-refractivity contribution in [1.82, 2.24) is 0 Å². The minimum atomic E-state index is 0.271. The summed E-state index contributed by atoms with van der Waals surface area (Å²) in [5.74, 6) is 2.24. The number of ether oxygens (including phenoxy) is 2. The molecule has 2 unspecified atom stereocenters. The number of carbonyl (C=O) groups is 2. The van der Waals surface area contributed by atoms with E-state index in [1.807, 2.05) is 45.0 Å². The highest BCUT2D eigenvalue weighted by atomic mass is 32.1. The first-order valence-electron chi connectivity index (χ1n) is 13.0. The van der Waals surface area contributed by atoms with Crippen molar-refractivity contribution in [3.05, 3.63) is 45.8 Å². The fourth-order valence-electron chi connectivity index (χ4n) is 4.31. The van der Waals surface area contributed by atoms with E-state index in [-0.39, 0.29) is 5.92 Å². The number of nitrogens with one attached hydrogen (secondary N) is 1. The first-order chi connectivity index (χ1) is 18.5. The highest BCUT2D eigenvalue weighted by molar-refractivity contribution is 7.16. The maximum Gasteiger partial charge on any atom is 0.120 e. The van der Waals surface area contributed by atoms with Crippen molar-refractivity contribution in [2.24, 2.45) is 17.6 Å². The Balaban J connectivity index is 0.000000287. The van der Waals surface area contributed by atoms with Crippen LogP contribution in [0.5, 0.6) is 5.75 Å². The number of anilines is 1. The van der Waals surface area contributed by atoms with Gasteiger partial charge in [0.15, 0.2) is 0 Å². The molecule has 210 valence electrons. The fourth-order valence-corrected chi connectivity index (χ4v) is 5.57. The lowest BCUT2D eigenvalue weighted by Crippen LogP contribution is -2.21. The first-order valence-corrected chi connectivity index (χ1v) is 13.8. The fraction of sp³-hybridized carbons (Fsp3) is 0.552. The maximum absolute atomic E-state index is 10.3. The highest BCUT2D eigenvalue weighted by Crippen LogP contribution is 2.38. The molecule has 1 aliphatic heterocycles. The molecule has 1 aromatic carbocycles. The summed E-state index contributed by atoms with van der Waals surface area (Å²) >= 11 is 1.72. The lowest BCUT2D eigenvalue weighted by molar-refractivity contribution is -0.108. The van der Waals surface area contributed by atoms with Gasteiger partial charge in [0.1, 0.15) is 29.9 Å². The van der Waals surface area contributed by atoms with E-state index in [4.69, 9.17) is 30.4 Å². The lowest BCUT2D eigenvalue weighted by Gasteiger charge is -2.20. The Labute approximate surface area is 231 Å². The molecule has 38 heavy (non-hydrogen) atoms. The zero-order chi connectivity index (χ0) is 28.3. The number of nitrogens with two attached hydrogens (primary N) is 1. The van der Waals surface area contributed by atoms with Gasteiger partial charge in [0.05, 0.1) is 12.7 Å². The standard InChI is InChI=1S/C11H15N3S.C11H14O2.C6H12O2.CH2O/c1-14-11-9(6-13)8-3-2-7(5-12)4-10(8)15-11;1-9(6-7-12)10-4-3-5-11(8-10)13-2;7-5-6-1-3-8-4-2-6;1-2/h7,14H,2-5,12H2,1H3;3-5,7-9H,6H2,1-2H3;6-7H,1-5H2;1H2. The summed E-state index contributed by atoms with van der Waals surface area (Å²) in [5.41, 5.74) is 8.95. The van der Waals surface area contributed by atoms with Gasteiger partial charge in [-0.3, -0.25) is 0 Å². The van der Waals surface area contributed by atoms with Crippen LogP contribution in [0.3, 0.4) is 0 Å². The number of aliphatic hydroxyl groups excluding tert-OH is 1. The van der Waals surface area contributed by atoms with Gasteiger partial charge in [0.25, 0.3) is 0 Å². The second-order valence-electron chi connectivity index (χ2n) is 9.23. The third-order valence-electron chi connectivity index (χ3n) is 6.75. The molecule has 1 fully saturated rings. The van der Waals surface area contributed by atoms with Crippen LogP contribution >= 0.6 is 11.3 Å². The highest BCUT2D eigenvalue weighted by Gasteiger charge is 2.24. The number of aldehydes is 1. The van der Waals surface area contributed by atoms with E-state index in [0.29, 0.717) is 24.9 Å². The predicted octanol–water partition coefficient (Wildman–Crippen LogP) is 4.33. The molecule has 2 aliphatic rings. The molecule has 0 spiro atoms. The Morgan fingerprint density at radius 2 is 2.03 bits per heavy atom. The number of hydrogen-bond acceptors (Lipinski definition) is 9. The van der Waals surface area contributed by atoms with Crippen LogP contribution in [0.1, 0.15) is 60.1 Å². The van der Waals surface area contributed by atoms with Crippen molar-refractivity contribution < 1.29 is 24.2 Å². The molecule has 0 amide bonds. The topological polar surface area (TPSA) is 135 Å². The second-order valence-corrected chi connectivity index (χ2v) is 10.3. The van der Waals surface area contributed by atoms with Gasteiger partial charge in [-0.05, 0) is 79.7 Å². The molecule has 1 aliphatic carbocycles. The number of aliphatic hydroxyl groups is 1. The number of nitrogens with zero attached hydrogens (tertiary/aromatic N) is 1. The maximum atomic E-state index is 10.3. The Kier molecular flexibility index (Phi) is 16.9. The summed E-state index contributed by atoms with van der Waals surface area (Å²) in [6.45, 7) is 6.80. The molecule has 0 radical (unpaired) electrons. The molecular formula is C29H43N3O5S. The molecule has 2 atom stereocenters. The smallest absolute Gasteiger partial charge is 0.120 e. The Hall–Kier alpha value is -2.77. The van der Waals surface area contributed by atoms with Crippen molar-refractivity contribution in [2.45, 2.75) is 51.4 Å². The van der Waals surface area contributed by atoms with Crippen LogP contribution < -0.4 is 15.8 Å². The summed E-state index contributed by atoms with van der Waals surface area (Å²) in [6, 6.07) is 10.1. The van der Waals surface area contributed by atoms with Gasteiger partial charge in [-0.25, -0.2) is 0 Å². The number of thiophene rings is 1. The lowest BCUT2D eigenvalue weighted by atomic mass is 9.87. The van der Waals surface area contributed by atoms with Crippen LogP contribution in [0.25, 0.3) is 0 Å².